The largest absolute Gasteiger partial charge is 0.603 e. The molecule has 5 atom stereocenters. The monoisotopic (exact) mass is 764 g/mol. The summed E-state index contributed by atoms with van der Waals surface area (Å²) in [5, 5.41) is 12.8. The normalized spacial score (nSPS) is 13.5. The zero-order valence-corrected chi connectivity index (χ0v) is 31.5. The third kappa shape index (κ3) is 12.6. The predicted molar refractivity (Wildman–Crippen MR) is 209 cm³/mol. The van der Waals surface area contributed by atoms with Gasteiger partial charge in [0.2, 0.25) is 25.6 Å². The fourth-order valence-corrected chi connectivity index (χ4v) is 6.52. The smallest absolute Gasteiger partial charge is 0.408 e. The second-order valence-electron chi connectivity index (χ2n) is 13.0. The first-order chi connectivity index (χ1) is 26.7. The van der Waals surface area contributed by atoms with Gasteiger partial charge in [-0.1, -0.05) is 117 Å². The summed E-state index contributed by atoms with van der Waals surface area (Å²) >= 11 is 0. The minimum absolute atomic E-state index is 0.00909. The lowest BCUT2D eigenvalue weighted by molar-refractivity contribution is -0.178. The van der Waals surface area contributed by atoms with Crippen molar-refractivity contribution >= 4 is 48.4 Å². The number of benzene rings is 4. The number of carbonyl (C=O) groups excluding carboxylic acids is 4. The minimum atomic E-state index is -2.64. The van der Waals surface area contributed by atoms with Crippen molar-refractivity contribution in [3.63, 3.8) is 0 Å². The van der Waals surface area contributed by atoms with Gasteiger partial charge < -0.3 is 35.9 Å². The molecule has 55 heavy (non-hydrogen) atoms. The summed E-state index contributed by atoms with van der Waals surface area (Å²) in [6, 6.07) is 29.5. The van der Waals surface area contributed by atoms with Crippen molar-refractivity contribution in [3.8, 4) is 0 Å². The summed E-state index contributed by atoms with van der Waals surface area (Å²) < 4.78 is 11.2. The highest BCUT2D eigenvalue weighted by atomic mass is 31.1. The fourth-order valence-electron chi connectivity index (χ4n) is 5.70. The molecule has 14 heteroatoms. The lowest BCUT2D eigenvalue weighted by Gasteiger charge is -2.26. The van der Waals surface area contributed by atoms with Crippen LogP contribution in [-0.4, -0.2) is 57.9 Å². The van der Waals surface area contributed by atoms with Gasteiger partial charge in [0, 0.05) is 31.5 Å². The molecule has 5 aromatic rings. The number of ether oxygens (including phenoxy) is 1. The van der Waals surface area contributed by atoms with Crippen molar-refractivity contribution in [2.75, 3.05) is 0 Å². The summed E-state index contributed by atoms with van der Waals surface area (Å²) in [7, 11) is -2.64. The molecule has 13 nitrogen and oxygen atoms in total. The molecule has 0 saturated carbocycles. The first-order valence-electron chi connectivity index (χ1n) is 18.0. The van der Waals surface area contributed by atoms with Crippen LogP contribution in [0.15, 0.2) is 116 Å². The zero-order chi connectivity index (χ0) is 39.0. The van der Waals surface area contributed by atoms with E-state index in [1.807, 2.05) is 110 Å². The van der Waals surface area contributed by atoms with E-state index in [4.69, 9.17) is 9.26 Å². The molecule has 4 aromatic carbocycles. The number of aromatic nitrogens is 2. The average Bonchev–Trinajstić information content (AvgIpc) is 3.72. The third-order valence-corrected chi connectivity index (χ3v) is 9.80. The maximum absolute atomic E-state index is 14.2. The number of hydrogen-bond donors (Lipinski definition) is 5. The maximum atomic E-state index is 14.2. The van der Waals surface area contributed by atoms with Gasteiger partial charge in [0.15, 0.2) is 6.23 Å². The number of nitrogens with zero attached hydrogens (tertiary/aromatic N) is 1. The number of rotatable bonds is 18. The topological polar surface area (TPSA) is 187 Å². The van der Waals surface area contributed by atoms with E-state index in [0.717, 1.165) is 33.3 Å². The Bertz CT molecular complexity index is 2040. The van der Waals surface area contributed by atoms with E-state index in [1.165, 1.54) is 6.33 Å². The summed E-state index contributed by atoms with van der Waals surface area (Å²) in [6.07, 6.45) is 1.77. The molecule has 0 spiro atoms. The van der Waals surface area contributed by atoms with E-state index in [0.29, 0.717) is 12.1 Å². The molecule has 0 saturated heterocycles. The van der Waals surface area contributed by atoms with Crippen LogP contribution in [-0.2, 0) is 49.6 Å². The Kier molecular flexibility index (Phi) is 15.1. The van der Waals surface area contributed by atoms with Crippen molar-refractivity contribution in [1.29, 1.82) is 0 Å². The first kappa shape index (κ1) is 40.3. The highest BCUT2D eigenvalue weighted by Gasteiger charge is 2.32. The third-order valence-electron chi connectivity index (χ3n) is 8.92. The molecular weight excluding hydrogens is 719 g/mol. The van der Waals surface area contributed by atoms with E-state index < -0.39 is 50.1 Å². The molecule has 1 aromatic heterocycles. The van der Waals surface area contributed by atoms with Gasteiger partial charge in [-0.25, -0.2) is 9.78 Å². The number of nitrogens with one attached hydrogen (secondary N) is 5. The minimum Gasteiger partial charge on any atom is -0.603 e. The van der Waals surface area contributed by atoms with Gasteiger partial charge in [0.1, 0.15) is 18.7 Å². The van der Waals surface area contributed by atoms with Gasteiger partial charge in [-0.3, -0.25) is 14.4 Å². The number of fused-ring (bicyclic) bond motifs is 1. The standard InChI is InChI=1S/C41H45N6O7P/c1-3-28(2)40(54-55(52)26-37(48)43-23-29-13-6-4-7-14-29)47-39(50)36(22-33-24-42-27-44-33)45-38(49)35(46-41(51)53-25-30-15-8-5-9-16-30)21-32-19-12-18-31-17-10-11-20-34(31)32/h4-20,24,26-28,35-36,40H,3,21-23,25H2,1-2H3,(H,42,44)(H,43,48)(H,45,49)(H,46,51)(H,47,50)/t28?,35-,36+,40?/m1/s1. The zero-order valence-electron chi connectivity index (χ0n) is 30.6. The maximum Gasteiger partial charge on any atom is 0.408 e. The molecule has 5 N–H and O–H groups in total. The molecule has 0 aliphatic carbocycles. The van der Waals surface area contributed by atoms with Crippen molar-refractivity contribution in [2.24, 2.45) is 5.92 Å². The van der Waals surface area contributed by atoms with E-state index in [1.54, 1.807) is 13.1 Å². The average molecular weight is 765 g/mol. The number of carbonyl (C=O) groups is 4. The molecule has 0 bridgehead atoms. The predicted octanol–water partition coefficient (Wildman–Crippen LogP) is 4.42. The molecule has 1 heterocycles. The number of H-pyrrole nitrogens is 1. The fraction of sp³-hybridized carbons (Fsp3) is 0.268. The molecule has 0 radical (unpaired) electrons. The second-order valence-corrected chi connectivity index (χ2v) is 14.0. The molecule has 286 valence electrons. The highest BCUT2D eigenvalue weighted by molar-refractivity contribution is 7.47. The second kappa shape index (κ2) is 20.5. The number of alkyl carbamates (subject to hydrolysis) is 1. The lowest BCUT2D eigenvalue weighted by Crippen LogP contribution is -2.57. The summed E-state index contributed by atoms with van der Waals surface area (Å²) in [5.74, 6) is -1.27. The van der Waals surface area contributed by atoms with Crippen LogP contribution in [0.2, 0.25) is 0 Å². The molecule has 0 aliphatic rings. The Morgan fingerprint density at radius 1 is 0.818 bits per heavy atom. The van der Waals surface area contributed by atoms with Crippen LogP contribution >= 0.6 is 8.00 Å². The van der Waals surface area contributed by atoms with Crippen LogP contribution in [0.5, 0.6) is 0 Å². The molecule has 4 amide bonds. The van der Waals surface area contributed by atoms with Crippen molar-refractivity contribution in [2.45, 2.75) is 64.6 Å². The van der Waals surface area contributed by atoms with Gasteiger partial charge in [0.25, 0.3) is 5.91 Å². The van der Waals surface area contributed by atoms with Crippen LogP contribution in [0.25, 0.3) is 10.8 Å². The molecular formula is C41H45N6O7P. The van der Waals surface area contributed by atoms with E-state index in [9.17, 15) is 24.1 Å². The molecule has 5 rings (SSSR count). The molecule has 3 unspecified atom stereocenters. The number of hydrogen-bond acceptors (Lipinski definition) is 8. The number of amides is 4. The van der Waals surface area contributed by atoms with E-state index in [2.05, 4.69) is 31.2 Å². The Labute approximate surface area is 320 Å². The van der Waals surface area contributed by atoms with E-state index >= 15 is 0 Å². The summed E-state index contributed by atoms with van der Waals surface area (Å²) in [6.45, 7) is 3.90. The summed E-state index contributed by atoms with van der Waals surface area (Å²) in [5.41, 5.74) is 2.92. The molecule has 0 aliphatic heterocycles. The van der Waals surface area contributed by atoms with Crippen molar-refractivity contribution in [1.82, 2.24) is 31.2 Å². The van der Waals surface area contributed by atoms with Crippen LogP contribution < -0.4 is 26.2 Å². The highest BCUT2D eigenvalue weighted by Crippen LogP contribution is 2.22. The van der Waals surface area contributed by atoms with Gasteiger partial charge in [0.05, 0.1) is 12.0 Å². The van der Waals surface area contributed by atoms with Crippen LogP contribution in [0.3, 0.4) is 0 Å². The molecule has 0 fully saturated rings. The van der Waals surface area contributed by atoms with Crippen LogP contribution in [0, 0.1) is 5.92 Å². The lowest BCUT2D eigenvalue weighted by atomic mass is 9.98. The number of imidazole rings is 1. The van der Waals surface area contributed by atoms with Crippen molar-refractivity contribution in [3.05, 3.63) is 138 Å². The van der Waals surface area contributed by atoms with Gasteiger partial charge in [-0.05, 0) is 33.9 Å². The van der Waals surface area contributed by atoms with Crippen LogP contribution in [0.4, 0.5) is 4.79 Å². The van der Waals surface area contributed by atoms with E-state index in [-0.39, 0.29) is 31.9 Å². The van der Waals surface area contributed by atoms with Gasteiger partial charge in [-0.2, -0.15) is 4.52 Å². The first-order valence-corrected chi connectivity index (χ1v) is 19.2. The number of aromatic amines is 1. The SMILES string of the molecule is CCC(C)C(NC(=O)[C@H](Cc1c[nH]cn1)NC(=O)[C@@H](Cc1cccc2ccccc12)NC(=O)OCc1ccccc1)O/[P+]([O-])=C/C(=O)NCc1ccccc1. The Balaban J connectivity index is 1.33. The Morgan fingerprint density at radius 2 is 1.47 bits per heavy atom. The quantitative estimate of drug-likeness (QED) is 0.0641. The van der Waals surface area contributed by atoms with Gasteiger partial charge in [-0.15, -0.1) is 0 Å². The summed E-state index contributed by atoms with van der Waals surface area (Å²) in [4.78, 5) is 73.9. The van der Waals surface area contributed by atoms with Gasteiger partial charge >= 0.3 is 6.09 Å². The van der Waals surface area contributed by atoms with Crippen molar-refractivity contribution < 1.29 is 33.3 Å². The van der Waals surface area contributed by atoms with Crippen LogP contribution in [0.1, 0.15) is 42.7 Å². The Morgan fingerprint density at radius 3 is 2.18 bits per heavy atom. The Hall–Kier alpha value is -5.88.